The first-order chi connectivity index (χ1) is 10.1. The third-order valence-corrected chi connectivity index (χ3v) is 4.18. The van der Waals surface area contributed by atoms with Gasteiger partial charge in [-0.1, -0.05) is 30.3 Å². The normalized spacial score (nSPS) is 20.5. The molecule has 0 aliphatic carbocycles. The van der Waals surface area contributed by atoms with E-state index in [1.165, 1.54) is 5.56 Å². The third-order valence-electron chi connectivity index (χ3n) is 4.18. The molecule has 21 heavy (non-hydrogen) atoms. The molecule has 1 unspecified atom stereocenters. The SMILES string of the molecule is CC1CN(Cc2ccccc2)CCN1CCCCC(=O)O. The van der Waals surface area contributed by atoms with E-state index in [0.717, 1.165) is 45.6 Å². The molecule has 0 aromatic heterocycles. The lowest BCUT2D eigenvalue weighted by Crippen LogP contribution is -2.51. The molecule has 1 atom stereocenters. The number of carbonyl (C=O) groups is 1. The Morgan fingerprint density at radius 1 is 1.24 bits per heavy atom. The Morgan fingerprint density at radius 3 is 2.67 bits per heavy atom. The standard InChI is InChI=1S/C17H26N2O2/c1-15-13-18(14-16-7-3-2-4-8-16)11-12-19(15)10-6-5-9-17(20)21/h2-4,7-8,15H,5-6,9-14H2,1H3,(H,20,21). The van der Waals surface area contributed by atoms with Crippen LogP contribution in [0.15, 0.2) is 30.3 Å². The fourth-order valence-corrected chi connectivity index (χ4v) is 2.98. The fraction of sp³-hybridized carbons (Fsp3) is 0.588. The van der Waals surface area contributed by atoms with E-state index in [2.05, 4.69) is 47.1 Å². The zero-order valence-electron chi connectivity index (χ0n) is 12.9. The smallest absolute Gasteiger partial charge is 0.303 e. The van der Waals surface area contributed by atoms with Gasteiger partial charge in [-0.05, 0) is 31.9 Å². The van der Waals surface area contributed by atoms with Crippen LogP contribution in [0.1, 0.15) is 31.7 Å². The van der Waals surface area contributed by atoms with Gasteiger partial charge in [0, 0.05) is 38.6 Å². The summed E-state index contributed by atoms with van der Waals surface area (Å²) in [5.41, 5.74) is 1.37. The first kappa shape index (κ1) is 16.0. The zero-order valence-corrected chi connectivity index (χ0v) is 12.9. The van der Waals surface area contributed by atoms with E-state index in [0.29, 0.717) is 12.5 Å². The number of nitrogens with zero attached hydrogens (tertiary/aromatic N) is 2. The zero-order chi connectivity index (χ0) is 15.1. The molecule has 1 aromatic carbocycles. The number of hydrogen-bond acceptors (Lipinski definition) is 3. The van der Waals surface area contributed by atoms with Crippen LogP contribution >= 0.6 is 0 Å². The summed E-state index contributed by atoms with van der Waals surface area (Å²) in [4.78, 5) is 15.5. The molecular formula is C17H26N2O2. The molecule has 1 fully saturated rings. The van der Waals surface area contributed by atoms with E-state index in [4.69, 9.17) is 5.11 Å². The Morgan fingerprint density at radius 2 is 2.00 bits per heavy atom. The summed E-state index contributed by atoms with van der Waals surface area (Å²) < 4.78 is 0. The van der Waals surface area contributed by atoms with Crippen molar-refractivity contribution in [1.29, 1.82) is 0 Å². The summed E-state index contributed by atoms with van der Waals surface area (Å²) in [6.45, 7) is 7.59. The highest BCUT2D eigenvalue weighted by atomic mass is 16.4. The number of carboxylic acids is 1. The van der Waals surface area contributed by atoms with E-state index < -0.39 is 5.97 Å². The minimum Gasteiger partial charge on any atom is -0.481 e. The summed E-state index contributed by atoms with van der Waals surface area (Å²) in [7, 11) is 0. The maximum Gasteiger partial charge on any atom is 0.303 e. The van der Waals surface area contributed by atoms with Gasteiger partial charge in [-0.3, -0.25) is 14.6 Å². The van der Waals surface area contributed by atoms with E-state index >= 15 is 0 Å². The number of piperazine rings is 1. The van der Waals surface area contributed by atoms with Crippen molar-refractivity contribution in [2.24, 2.45) is 0 Å². The second kappa shape index (κ2) is 8.15. The average molecular weight is 290 g/mol. The van der Waals surface area contributed by atoms with Crippen molar-refractivity contribution in [3.8, 4) is 0 Å². The minimum atomic E-state index is -0.685. The summed E-state index contributed by atoms with van der Waals surface area (Å²) in [6, 6.07) is 11.2. The fourth-order valence-electron chi connectivity index (χ4n) is 2.98. The first-order valence-corrected chi connectivity index (χ1v) is 7.87. The summed E-state index contributed by atoms with van der Waals surface area (Å²) in [5.74, 6) is -0.685. The lowest BCUT2D eigenvalue weighted by molar-refractivity contribution is -0.137. The summed E-state index contributed by atoms with van der Waals surface area (Å²) >= 11 is 0. The van der Waals surface area contributed by atoms with Crippen molar-refractivity contribution in [3.63, 3.8) is 0 Å². The van der Waals surface area contributed by atoms with Gasteiger partial charge in [0.25, 0.3) is 0 Å². The molecule has 4 nitrogen and oxygen atoms in total. The molecule has 1 N–H and O–H groups in total. The topological polar surface area (TPSA) is 43.8 Å². The van der Waals surface area contributed by atoms with Crippen molar-refractivity contribution in [2.45, 2.75) is 38.8 Å². The second-order valence-electron chi connectivity index (χ2n) is 5.96. The lowest BCUT2D eigenvalue weighted by Gasteiger charge is -2.40. The van der Waals surface area contributed by atoms with Gasteiger partial charge in [0.2, 0.25) is 0 Å². The highest BCUT2D eigenvalue weighted by Crippen LogP contribution is 2.14. The number of benzene rings is 1. The van der Waals surface area contributed by atoms with Crippen LogP contribution in [-0.4, -0.2) is 53.1 Å². The van der Waals surface area contributed by atoms with Crippen LogP contribution < -0.4 is 0 Å². The molecule has 1 aliphatic rings. The van der Waals surface area contributed by atoms with Gasteiger partial charge in [-0.2, -0.15) is 0 Å². The Kier molecular flexibility index (Phi) is 6.21. The van der Waals surface area contributed by atoms with E-state index in [1.54, 1.807) is 0 Å². The second-order valence-corrected chi connectivity index (χ2v) is 5.96. The molecule has 0 radical (unpaired) electrons. The van der Waals surface area contributed by atoms with Gasteiger partial charge in [-0.15, -0.1) is 0 Å². The first-order valence-electron chi connectivity index (χ1n) is 7.87. The molecule has 116 valence electrons. The van der Waals surface area contributed by atoms with Crippen LogP contribution in [0.25, 0.3) is 0 Å². The Hall–Kier alpha value is -1.39. The van der Waals surface area contributed by atoms with Crippen LogP contribution in [0.4, 0.5) is 0 Å². The van der Waals surface area contributed by atoms with Gasteiger partial charge in [0.05, 0.1) is 0 Å². The van der Waals surface area contributed by atoms with E-state index in [9.17, 15) is 4.79 Å². The van der Waals surface area contributed by atoms with Crippen molar-refractivity contribution in [1.82, 2.24) is 9.80 Å². The van der Waals surface area contributed by atoms with Crippen LogP contribution in [0, 0.1) is 0 Å². The van der Waals surface area contributed by atoms with Gasteiger partial charge < -0.3 is 5.11 Å². The van der Waals surface area contributed by atoms with Gasteiger partial charge in [0.15, 0.2) is 0 Å². The lowest BCUT2D eigenvalue weighted by atomic mass is 10.1. The van der Waals surface area contributed by atoms with Crippen LogP contribution in [0.2, 0.25) is 0 Å². The predicted molar refractivity (Wildman–Crippen MR) is 84.2 cm³/mol. The molecule has 2 rings (SSSR count). The molecule has 1 saturated heterocycles. The van der Waals surface area contributed by atoms with Crippen molar-refractivity contribution < 1.29 is 9.90 Å². The summed E-state index contributed by atoms with van der Waals surface area (Å²) in [5, 5.41) is 8.66. The third kappa shape index (κ3) is 5.48. The number of unbranched alkanes of at least 4 members (excludes halogenated alkanes) is 1. The summed E-state index contributed by atoms with van der Waals surface area (Å²) in [6.07, 6.45) is 2.06. The monoisotopic (exact) mass is 290 g/mol. The van der Waals surface area contributed by atoms with Crippen LogP contribution in [-0.2, 0) is 11.3 Å². The van der Waals surface area contributed by atoms with Crippen LogP contribution in [0.3, 0.4) is 0 Å². The molecule has 1 heterocycles. The van der Waals surface area contributed by atoms with Crippen molar-refractivity contribution in [2.75, 3.05) is 26.2 Å². The molecular weight excluding hydrogens is 264 g/mol. The molecule has 0 spiro atoms. The molecule has 0 saturated carbocycles. The molecule has 0 amide bonds. The van der Waals surface area contributed by atoms with Gasteiger partial charge in [0.1, 0.15) is 0 Å². The molecule has 0 bridgehead atoms. The maximum atomic E-state index is 10.5. The number of carboxylic acid groups (broad SMARTS) is 1. The average Bonchev–Trinajstić information content (AvgIpc) is 2.46. The van der Waals surface area contributed by atoms with E-state index in [1.807, 2.05) is 0 Å². The number of rotatable bonds is 7. The molecule has 1 aliphatic heterocycles. The molecule has 1 aromatic rings. The van der Waals surface area contributed by atoms with Crippen LogP contribution in [0.5, 0.6) is 0 Å². The minimum absolute atomic E-state index is 0.294. The Balaban J connectivity index is 1.70. The van der Waals surface area contributed by atoms with Gasteiger partial charge >= 0.3 is 5.97 Å². The van der Waals surface area contributed by atoms with Crippen molar-refractivity contribution >= 4 is 5.97 Å². The highest BCUT2D eigenvalue weighted by Gasteiger charge is 2.22. The number of hydrogen-bond donors (Lipinski definition) is 1. The van der Waals surface area contributed by atoms with Gasteiger partial charge in [-0.25, -0.2) is 0 Å². The number of aliphatic carboxylic acids is 1. The molecule has 4 heteroatoms. The maximum absolute atomic E-state index is 10.5. The predicted octanol–water partition coefficient (Wildman–Crippen LogP) is 2.45. The van der Waals surface area contributed by atoms with E-state index in [-0.39, 0.29) is 0 Å². The Bertz CT molecular complexity index is 436. The Labute approximate surface area is 127 Å². The van der Waals surface area contributed by atoms with Crippen molar-refractivity contribution in [3.05, 3.63) is 35.9 Å². The highest BCUT2D eigenvalue weighted by molar-refractivity contribution is 5.66. The quantitative estimate of drug-likeness (QED) is 0.783. The largest absolute Gasteiger partial charge is 0.481 e.